The molecule has 0 aliphatic heterocycles. The van der Waals surface area contributed by atoms with E-state index in [4.69, 9.17) is 18.9 Å². The number of benzene rings is 3. The van der Waals surface area contributed by atoms with E-state index in [1.807, 2.05) is 24.3 Å². The summed E-state index contributed by atoms with van der Waals surface area (Å²) in [6.07, 6.45) is 10.0. The third-order valence-corrected chi connectivity index (χ3v) is 6.19. The Balaban J connectivity index is 1.37. The first-order valence-electron chi connectivity index (χ1n) is 13.4. The van der Waals surface area contributed by atoms with Crippen LogP contribution in [0.4, 0.5) is 0 Å². The van der Waals surface area contributed by atoms with Gasteiger partial charge in [0.1, 0.15) is 23.9 Å². The van der Waals surface area contributed by atoms with Gasteiger partial charge in [-0.2, -0.15) is 0 Å². The highest BCUT2D eigenvalue weighted by Gasteiger charge is 2.11. The molecule has 3 aromatic rings. The maximum Gasteiger partial charge on any atom is 0.343 e. The highest BCUT2D eigenvalue weighted by molar-refractivity contribution is 5.92. The predicted octanol–water partition coefficient (Wildman–Crippen LogP) is 7.79. The predicted molar refractivity (Wildman–Crippen MR) is 148 cm³/mol. The molecule has 0 spiro atoms. The van der Waals surface area contributed by atoms with Crippen LogP contribution in [-0.4, -0.2) is 25.7 Å². The zero-order valence-electron chi connectivity index (χ0n) is 22.4. The molecule has 0 saturated heterocycles. The third kappa shape index (κ3) is 9.92. The lowest BCUT2D eigenvalue weighted by molar-refractivity contribution is 0.0472. The highest BCUT2D eigenvalue weighted by Crippen LogP contribution is 2.19. The SMILES string of the molecule is CCCCCCCCCCOc1ccc(C(=O)Oc2ccc(C(=O)OCc3ccc(OC)cc3)cc2)cc1. The second-order valence-corrected chi connectivity index (χ2v) is 9.19. The number of hydrogen-bond donors (Lipinski definition) is 0. The largest absolute Gasteiger partial charge is 0.497 e. The number of carbonyl (C=O) groups is 2. The molecule has 0 heterocycles. The van der Waals surface area contributed by atoms with Crippen LogP contribution in [0.25, 0.3) is 0 Å². The molecule has 6 nitrogen and oxygen atoms in total. The summed E-state index contributed by atoms with van der Waals surface area (Å²) in [6, 6.07) is 20.5. The van der Waals surface area contributed by atoms with E-state index >= 15 is 0 Å². The normalized spacial score (nSPS) is 10.6. The van der Waals surface area contributed by atoms with Crippen molar-refractivity contribution in [2.75, 3.05) is 13.7 Å². The van der Waals surface area contributed by atoms with Crippen molar-refractivity contribution >= 4 is 11.9 Å². The molecule has 0 unspecified atom stereocenters. The number of carbonyl (C=O) groups excluding carboxylic acids is 2. The Bertz CT molecular complexity index is 1100. The molecule has 0 aliphatic rings. The van der Waals surface area contributed by atoms with Gasteiger partial charge in [0, 0.05) is 0 Å². The fourth-order valence-electron chi connectivity index (χ4n) is 3.89. The summed E-state index contributed by atoms with van der Waals surface area (Å²) in [5, 5.41) is 0. The first-order valence-corrected chi connectivity index (χ1v) is 13.4. The molecule has 38 heavy (non-hydrogen) atoms. The van der Waals surface area contributed by atoms with E-state index in [0.717, 1.165) is 23.5 Å². The van der Waals surface area contributed by atoms with Gasteiger partial charge in [-0.05, 0) is 72.6 Å². The van der Waals surface area contributed by atoms with Crippen molar-refractivity contribution in [2.45, 2.75) is 64.9 Å². The lowest BCUT2D eigenvalue weighted by Crippen LogP contribution is -2.09. The molecular formula is C32H38O6. The summed E-state index contributed by atoms with van der Waals surface area (Å²) in [7, 11) is 1.60. The molecule has 0 aliphatic carbocycles. The molecule has 0 aromatic heterocycles. The first-order chi connectivity index (χ1) is 18.6. The van der Waals surface area contributed by atoms with E-state index in [0.29, 0.717) is 23.5 Å². The molecule has 202 valence electrons. The fourth-order valence-corrected chi connectivity index (χ4v) is 3.89. The van der Waals surface area contributed by atoms with E-state index < -0.39 is 11.9 Å². The summed E-state index contributed by atoms with van der Waals surface area (Å²) in [5.74, 6) is 0.887. The summed E-state index contributed by atoms with van der Waals surface area (Å²) in [4.78, 5) is 24.8. The minimum atomic E-state index is -0.477. The van der Waals surface area contributed by atoms with Crippen molar-refractivity contribution < 1.29 is 28.5 Å². The Hall–Kier alpha value is -3.80. The molecule has 0 N–H and O–H groups in total. The molecule has 0 amide bonds. The Morgan fingerprint density at radius 1 is 0.605 bits per heavy atom. The fraction of sp³-hybridized carbons (Fsp3) is 0.375. The van der Waals surface area contributed by atoms with Gasteiger partial charge in [-0.15, -0.1) is 0 Å². The Morgan fingerprint density at radius 3 is 1.74 bits per heavy atom. The van der Waals surface area contributed by atoms with Crippen LogP contribution in [0.2, 0.25) is 0 Å². The summed E-state index contributed by atoms with van der Waals surface area (Å²) < 4.78 is 21.7. The molecule has 3 aromatic carbocycles. The van der Waals surface area contributed by atoms with Crippen molar-refractivity contribution in [2.24, 2.45) is 0 Å². The standard InChI is InChI=1S/C32H38O6/c1-3-4-5-6-7-8-9-10-23-36-29-19-13-27(14-20-29)32(34)38-30-21-15-26(16-22-30)31(33)37-24-25-11-17-28(35-2)18-12-25/h11-22H,3-10,23-24H2,1-2H3. The van der Waals surface area contributed by atoms with E-state index in [2.05, 4.69) is 6.92 Å². The van der Waals surface area contributed by atoms with Crippen LogP contribution in [0.5, 0.6) is 17.2 Å². The average molecular weight is 519 g/mol. The third-order valence-electron chi connectivity index (χ3n) is 6.19. The molecule has 6 heteroatoms. The Labute approximate surface area is 225 Å². The molecule has 3 rings (SSSR count). The summed E-state index contributed by atoms with van der Waals surface area (Å²) in [6.45, 7) is 3.06. The van der Waals surface area contributed by atoms with Gasteiger partial charge >= 0.3 is 11.9 Å². The highest BCUT2D eigenvalue weighted by atomic mass is 16.5. The molecule has 0 fully saturated rings. The Kier molecular flexibility index (Phi) is 12.2. The van der Waals surface area contributed by atoms with E-state index in [9.17, 15) is 9.59 Å². The van der Waals surface area contributed by atoms with Crippen LogP contribution in [0.3, 0.4) is 0 Å². The monoisotopic (exact) mass is 518 g/mol. The lowest BCUT2D eigenvalue weighted by Gasteiger charge is -2.09. The van der Waals surface area contributed by atoms with Crippen molar-refractivity contribution in [3.05, 3.63) is 89.5 Å². The topological polar surface area (TPSA) is 71.1 Å². The van der Waals surface area contributed by atoms with Crippen LogP contribution >= 0.6 is 0 Å². The van der Waals surface area contributed by atoms with E-state index in [1.54, 1.807) is 55.6 Å². The van der Waals surface area contributed by atoms with Crippen molar-refractivity contribution in [3.63, 3.8) is 0 Å². The van der Waals surface area contributed by atoms with E-state index in [-0.39, 0.29) is 6.61 Å². The smallest absolute Gasteiger partial charge is 0.343 e. The second-order valence-electron chi connectivity index (χ2n) is 9.19. The van der Waals surface area contributed by atoms with E-state index in [1.165, 1.54) is 44.9 Å². The second kappa shape index (κ2) is 16.1. The first kappa shape index (κ1) is 28.8. The minimum absolute atomic E-state index is 0.151. The summed E-state index contributed by atoms with van der Waals surface area (Å²) in [5.41, 5.74) is 1.65. The zero-order chi connectivity index (χ0) is 27.0. The van der Waals surface area contributed by atoms with Crippen LogP contribution in [0.15, 0.2) is 72.8 Å². The van der Waals surface area contributed by atoms with Gasteiger partial charge in [0.2, 0.25) is 0 Å². The zero-order valence-corrected chi connectivity index (χ0v) is 22.4. The van der Waals surface area contributed by atoms with Crippen LogP contribution < -0.4 is 14.2 Å². The number of methoxy groups -OCH3 is 1. The molecule has 0 atom stereocenters. The van der Waals surface area contributed by atoms with Crippen LogP contribution in [0.1, 0.15) is 84.6 Å². The van der Waals surface area contributed by atoms with Crippen molar-refractivity contribution in [1.29, 1.82) is 0 Å². The quantitative estimate of drug-likeness (QED) is 0.109. The lowest BCUT2D eigenvalue weighted by atomic mass is 10.1. The number of ether oxygens (including phenoxy) is 4. The van der Waals surface area contributed by atoms with Crippen molar-refractivity contribution in [3.8, 4) is 17.2 Å². The van der Waals surface area contributed by atoms with Gasteiger partial charge < -0.3 is 18.9 Å². The van der Waals surface area contributed by atoms with Gasteiger partial charge in [0.15, 0.2) is 0 Å². The molecule has 0 saturated carbocycles. The van der Waals surface area contributed by atoms with Gasteiger partial charge in [0.25, 0.3) is 0 Å². The summed E-state index contributed by atoms with van der Waals surface area (Å²) >= 11 is 0. The maximum absolute atomic E-state index is 12.5. The van der Waals surface area contributed by atoms with Crippen LogP contribution in [0, 0.1) is 0 Å². The van der Waals surface area contributed by atoms with Gasteiger partial charge in [0.05, 0.1) is 24.8 Å². The van der Waals surface area contributed by atoms with Gasteiger partial charge in [-0.3, -0.25) is 0 Å². The number of hydrogen-bond acceptors (Lipinski definition) is 6. The van der Waals surface area contributed by atoms with Crippen LogP contribution in [-0.2, 0) is 11.3 Å². The minimum Gasteiger partial charge on any atom is -0.497 e. The molecule has 0 bridgehead atoms. The Morgan fingerprint density at radius 2 is 1.13 bits per heavy atom. The number of rotatable bonds is 16. The molecular weight excluding hydrogens is 480 g/mol. The van der Waals surface area contributed by atoms with Gasteiger partial charge in [-0.25, -0.2) is 9.59 Å². The van der Waals surface area contributed by atoms with Gasteiger partial charge in [-0.1, -0.05) is 64.0 Å². The average Bonchev–Trinajstić information content (AvgIpc) is 2.96. The number of unbranched alkanes of at least 4 members (excludes halogenated alkanes) is 7. The van der Waals surface area contributed by atoms with Crippen molar-refractivity contribution in [1.82, 2.24) is 0 Å². The molecule has 0 radical (unpaired) electrons. The maximum atomic E-state index is 12.5. The number of esters is 2.